The number of aryl methyl sites for hydroxylation is 1. The predicted molar refractivity (Wildman–Crippen MR) is 124 cm³/mol. The number of carbonyl (C=O) groups excluding carboxylic acids is 2. The lowest BCUT2D eigenvalue weighted by Gasteiger charge is -2.47. The van der Waals surface area contributed by atoms with Crippen molar-refractivity contribution in [3.8, 4) is 5.75 Å². The first kappa shape index (κ1) is 21.9. The Labute approximate surface area is 189 Å². The fourth-order valence-corrected chi connectivity index (χ4v) is 5.89. The number of rotatable bonds is 5. The molecule has 0 saturated carbocycles. The van der Waals surface area contributed by atoms with Gasteiger partial charge in [-0.05, 0) is 55.8 Å². The average molecular weight is 441 g/mol. The third kappa shape index (κ3) is 4.36. The van der Waals surface area contributed by atoms with Gasteiger partial charge in [0.2, 0.25) is 5.91 Å². The second-order valence-corrected chi connectivity index (χ2v) is 9.64. The Kier molecular flexibility index (Phi) is 6.37. The van der Waals surface area contributed by atoms with E-state index in [1.165, 1.54) is 11.3 Å². The largest absolute Gasteiger partial charge is 0.487 e. The van der Waals surface area contributed by atoms with Crippen molar-refractivity contribution in [2.24, 2.45) is 0 Å². The summed E-state index contributed by atoms with van der Waals surface area (Å²) in [4.78, 5) is 30.6. The monoisotopic (exact) mass is 440 g/mol. The number of piperidine rings is 1. The Morgan fingerprint density at radius 3 is 2.52 bits per heavy atom. The molecule has 1 spiro atoms. The minimum Gasteiger partial charge on any atom is -0.487 e. The van der Waals surface area contributed by atoms with Crippen LogP contribution >= 0.6 is 11.3 Å². The van der Waals surface area contributed by atoms with E-state index in [-0.39, 0.29) is 23.3 Å². The molecule has 1 atom stereocenters. The average Bonchev–Trinajstić information content (AvgIpc) is 3.20. The van der Waals surface area contributed by atoms with E-state index in [2.05, 4.69) is 6.07 Å². The van der Waals surface area contributed by atoms with E-state index in [1.807, 2.05) is 60.2 Å². The van der Waals surface area contributed by atoms with E-state index in [9.17, 15) is 9.59 Å². The molecule has 2 aromatic rings. The molecule has 0 aliphatic carbocycles. The number of amides is 2. The lowest BCUT2D eigenvalue weighted by molar-refractivity contribution is -0.131. The van der Waals surface area contributed by atoms with Gasteiger partial charge in [-0.3, -0.25) is 9.59 Å². The molecule has 6 heteroatoms. The van der Waals surface area contributed by atoms with Crippen LogP contribution in [-0.2, 0) is 4.79 Å². The van der Waals surface area contributed by atoms with Crippen LogP contribution in [0.3, 0.4) is 0 Å². The van der Waals surface area contributed by atoms with Gasteiger partial charge in [-0.1, -0.05) is 18.2 Å². The molecule has 31 heavy (non-hydrogen) atoms. The van der Waals surface area contributed by atoms with Gasteiger partial charge >= 0.3 is 0 Å². The number of fused-ring (bicyclic) bond motifs is 1. The molecule has 5 nitrogen and oxygen atoms in total. The number of benzene rings is 1. The lowest BCUT2D eigenvalue weighted by atomic mass is 9.76. The Hall–Kier alpha value is -2.34. The molecule has 166 valence electrons. The third-order valence-corrected chi connectivity index (χ3v) is 7.86. The van der Waals surface area contributed by atoms with Crippen LogP contribution in [-0.4, -0.2) is 53.4 Å². The van der Waals surface area contributed by atoms with Gasteiger partial charge in [-0.2, -0.15) is 0 Å². The molecule has 0 bridgehead atoms. The maximum Gasteiger partial charge on any atom is 0.264 e. The lowest BCUT2D eigenvalue weighted by Crippen LogP contribution is -2.52. The molecule has 0 N–H and O–H groups in total. The highest BCUT2D eigenvalue weighted by atomic mass is 32.1. The highest BCUT2D eigenvalue weighted by Gasteiger charge is 2.44. The summed E-state index contributed by atoms with van der Waals surface area (Å²) in [6.07, 6.45) is 2.94. The molecule has 2 aliphatic heterocycles. The van der Waals surface area contributed by atoms with Crippen LogP contribution in [0.2, 0.25) is 0 Å². The van der Waals surface area contributed by atoms with Crippen molar-refractivity contribution in [3.63, 3.8) is 0 Å². The van der Waals surface area contributed by atoms with E-state index in [1.54, 1.807) is 0 Å². The summed E-state index contributed by atoms with van der Waals surface area (Å²) in [5.74, 6) is 1.40. The number of hydrogen-bond acceptors (Lipinski definition) is 4. The molecule has 3 heterocycles. The second kappa shape index (κ2) is 9.03. The SMILES string of the molecule is CCN(CC)C(=O)CC1CC2(CCN(C(=O)c3sccc3C)CC2)Oc2ccccc21. The summed E-state index contributed by atoms with van der Waals surface area (Å²) in [6.45, 7) is 8.92. The van der Waals surface area contributed by atoms with E-state index >= 15 is 0 Å². The molecule has 1 saturated heterocycles. The Balaban J connectivity index is 1.50. The van der Waals surface area contributed by atoms with Crippen LogP contribution in [0.25, 0.3) is 0 Å². The minimum absolute atomic E-state index is 0.131. The van der Waals surface area contributed by atoms with Gasteiger partial charge in [0.25, 0.3) is 5.91 Å². The van der Waals surface area contributed by atoms with Gasteiger partial charge in [0.1, 0.15) is 11.4 Å². The van der Waals surface area contributed by atoms with Gasteiger partial charge in [0, 0.05) is 51.4 Å². The number of hydrogen-bond donors (Lipinski definition) is 0. The van der Waals surface area contributed by atoms with E-state index in [0.717, 1.165) is 54.1 Å². The van der Waals surface area contributed by atoms with Gasteiger partial charge < -0.3 is 14.5 Å². The van der Waals surface area contributed by atoms with Crippen LogP contribution in [0.4, 0.5) is 0 Å². The first-order valence-electron chi connectivity index (χ1n) is 11.4. The van der Waals surface area contributed by atoms with Crippen molar-refractivity contribution in [1.29, 1.82) is 0 Å². The van der Waals surface area contributed by atoms with Crippen LogP contribution in [0.5, 0.6) is 5.75 Å². The summed E-state index contributed by atoms with van der Waals surface area (Å²) in [7, 11) is 0. The summed E-state index contributed by atoms with van der Waals surface area (Å²) >= 11 is 1.52. The fraction of sp³-hybridized carbons (Fsp3) is 0.520. The Bertz CT molecular complexity index is 942. The highest BCUT2D eigenvalue weighted by molar-refractivity contribution is 7.12. The Morgan fingerprint density at radius 2 is 1.87 bits per heavy atom. The zero-order valence-corrected chi connectivity index (χ0v) is 19.5. The van der Waals surface area contributed by atoms with Crippen molar-refractivity contribution in [2.45, 2.75) is 58.0 Å². The summed E-state index contributed by atoms with van der Waals surface area (Å²) < 4.78 is 6.57. The van der Waals surface area contributed by atoms with Crippen molar-refractivity contribution < 1.29 is 14.3 Å². The third-order valence-electron chi connectivity index (χ3n) is 6.86. The minimum atomic E-state index is -0.302. The number of nitrogens with zero attached hydrogens (tertiary/aromatic N) is 2. The van der Waals surface area contributed by atoms with Crippen LogP contribution in [0.15, 0.2) is 35.7 Å². The molecular formula is C25H32N2O3S. The van der Waals surface area contributed by atoms with Crippen molar-refractivity contribution in [3.05, 3.63) is 51.7 Å². The van der Waals surface area contributed by atoms with Gasteiger partial charge in [-0.25, -0.2) is 0 Å². The zero-order chi connectivity index (χ0) is 22.0. The maximum absolute atomic E-state index is 12.9. The number of ether oxygens (including phenoxy) is 1. The number of para-hydroxylation sites is 1. The molecule has 2 aliphatic rings. The van der Waals surface area contributed by atoms with Crippen molar-refractivity contribution in [1.82, 2.24) is 9.80 Å². The quantitative estimate of drug-likeness (QED) is 0.667. The summed E-state index contributed by atoms with van der Waals surface area (Å²) in [6, 6.07) is 10.2. The van der Waals surface area contributed by atoms with Crippen LogP contribution in [0.1, 0.15) is 66.2 Å². The molecule has 1 fully saturated rings. The highest BCUT2D eigenvalue weighted by Crippen LogP contribution is 2.46. The maximum atomic E-state index is 12.9. The van der Waals surface area contributed by atoms with Gasteiger partial charge in [-0.15, -0.1) is 11.3 Å². The van der Waals surface area contributed by atoms with E-state index in [0.29, 0.717) is 19.5 Å². The van der Waals surface area contributed by atoms with Crippen LogP contribution in [0, 0.1) is 6.92 Å². The Morgan fingerprint density at radius 1 is 1.16 bits per heavy atom. The van der Waals surface area contributed by atoms with Gasteiger partial charge in [0.05, 0.1) is 4.88 Å². The van der Waals surface area contributed by atoms with Crippen molar-refractivity contribution in [2.75, 3.05) is 26.2 Å². The second-order valence-electron chi connectivity index (χ2n) is 8.72. The van der Waals surface area contributed by atoms with Crippen LogP contribution < -0.4 is 4.74 Å². The fourth-order valence-electron chi connectivity index (χ4n) is 5.00. The number of thiophene rings is 1. The number of carbonyl (C=O) groups is 2. The van der Waals surface area contributed by atoms with E-state index in [4.69, 9.17) is 4.74 Å². The molecule has 1 aromatic heterocycles. The van der Waals surface area contributed by atoms with E-state index < -0.39 is 0 Å². The van der Waals surface area contributed by atoms with Crippen molar-refractivity contribution >= 4 is 23.2 Å². The molecule has 0 radical (unpaired) electrons. The standard InChI is InChI=1S/C25H32N2O3S/c1-4-26(5-2)22(28)16-19-17-25(30-21-9-7-6-8-20(19)21)11-13-27(14-12-25)24(29)23-18(3)10-15-31-23/h6-10,15,19H,4-5,11-14,16-17H2,1-3H3. The molecule has 1 unspecified atom stereocenters. The zero-order valence-electron chi connectivity index (χ0n) is 18.7. The molecule has 4 rings (SSSR count). The molecule has 2 amide bonds. The predicted octanol–water partition coefficient (Wildman–Crippen LogP) is 4.86. The summed E-state index contributed by atoms with van der Waals surface area (Å²) in [5.41, 5.74) is 1.89. The van der Waals surface area contributed by atoms with Gasteiger partial charge in [0.15, 0.2) is 0 Å². The topological polar surface area (TPSA) is 49.9 Å². The smallest absolute Gasteiger partial charge is 0.264 e. The normalized spacial score (nSPS) is 19.6. The summed E-state index contributed by atoms with van der Waals surface area (Å²) in [5, 5.41) is 1.98. The number of likely N-dealkylation sites (tertiary alicyclic amines) is 1. The first-order chi connectivity index (χ1) is 15.0. The molecular weight excluding hydrogens is 408 g/mol. The first-order valence-corrected chi connectivity index (χ1v) is 12.2. The molecule has 1 aromatic carbocycles.